The highest BCUT2D eigenvalue weighted by atomic mass is 127. The zero-order valence-electron chi connectivity index (χ0n) is 22.9. The number of aliphatic hydroxyl groups excluding tert-OH is 2. The van der Waals surface area contributed by atoms with Gasteiger partial charge in [-0.05, 0) is 73.6 Å². The van der Waals surface area contributed by atoms with E-state index >= 15 is 0 Å². The number of benzene rings is 1. The lowest BCUT2D eigenvalue weighted by atomic mass is 9.88. The molecule has 0 radical (unpaired) electrons. The summed E-state index contributed by atoms with van der Waals surface area (Å²) in [6, 6.07) is 2.37. The Hall–Kier alpha value is -2.48. The minimum Gasteiger partial charge on any atom is -0.493 e. The van der Waals surface area contributed by atoms with Crippen LogP contribution in [0.15, 0.2) is 35.9 Å². The molecule has 0 bridgehead atoms. The van der Waals surface area contributed by atoms with E-state index in [1.165, 1.54) is 25.3 Å². The molecule has 3 N–H and O–H groups in total. The predicted molar refractivity (Wildman–Crippen MR) is 155 cm³/mol. The number of aldehydes is 1. The van der Waals surface area contributed by atoms with Crippen molar-refractivity contribution in [2.75, 3.05) is 33.4 Å². The molecule has 0 aliphatic heterocycles. The summed E-state index contributed by atoms with van der Waals surface area (Å²) in [4.78, 5) is 39.1. The van der Waals surface area contributed by atoms with E-state index in [9.17, 15) is 24.6 Å². The van der Waals surface area contributed by atoms with Crippen molar-refractivity contribution < 1.29 is 38.8 Å². The van der Waals surface area contributed by atoms with E-state index in [1.807, 2.05) is 43.4 Å². The maximum Gasteiger partial charge on any atom is 0.247 e. The molecule has 0 heterocycles. The van der Waals surface area contributed by atoms with E-state index in [2.05, 4.69) is 5.32 Å². The van der Waals surface area contributed by atoms with Gasteiger partial charge in [0.25, 0.3) is 0 Å². The zero-order chi connectivity index (χ0) is 28.9. The van der Waals surface area contributed by atoms with Gasteiger partial charge in [-0.2, -0.15) is 0 Å². The molecule has 1 aliphatic rings. The molecule has 0 saturated carbocycles. The number of amides is 2. The Labute approximate surface area is 243 Å². The van der Waals surface area contributed by atoms with Crippen molar-refractivity contribution in [2.24, 2.45) is 0 Å². The molecule has 11 heteroatoms. The standard InChI is InChI=1S/C28H39IN2O8/c1-5-6-8-25(34)31(10-7-12-38-18(2)3)22-15-20(28(36)30-9-11-32)16-23(26(22)35)39-27-21(29)13-19(17-33)14-24(27)37-4/h6,8,13-14,16-18,22-23,26,32,35H,5,7,9-12,15H2,1-4H3,(H,30,36)/t22-,23+,26+/m1/s1. The van der Waals surface area contributed by atoms with E-state index in [0.717, 1.165) is 0 Å². The quantitative estimate of drug-likeness (QED) is 0.113. The van der Waals surface area contributed by atoms with Crippen molar-refractivity contribution >= 4 is 40.7 Å². The van der Waals surface area contributed by atoms with Gasteiger partial charge < -0.3 is 34.6 Å². The lowest BCUT2D eigenvalue weighted by Gasteiger charge is -2.40. The first-order chi connectivity index (χ1) is 18.7. The summed E-state index contributed by atoms with van der Waals surface area (Å²) in [5, 5.41) is 23.3. The SMILES string of the molecule is CCC=CC(=O)N(CCCOC(C)C)[C@@H]1CC(C(=O)NCCO)=C[C@H](Oc2c(I)cc(C=O)cc2OC)[C@H]1O. The molecule has 10 nitrogen and oxygen atoms in total. The van der Waals surface area contributed by atoms with Crippen LogP contribution in [-0.2, 0) is 14.3 Å². The minimum absolute atomic E-state index is 0.0417. The van der Waals surface area contributed by atoms with Crippen molar-refractivity contribution in [1.29, 1.82) is 0 Å². The third-order valence-corrected chi connectivity index (χ3v) is 6.83. The summed E-state index contributed by atoms with van der Waals surface area (Å²) < 4.78 is 17.9. The Morgan fingerprint density at radius 1 is 1.31 bits per heavy atom. The number of halogens is 1. The number of rotatable bonds is 15. The number of methoxy groups -OCH3 is 1. The highest BCUT2D eigenvalue weighted by molar-refractivity contribution is 14.1. The minimum atomic E-state index is -1.18. The zero-order valence-corrected chi connectivity index (χ0v) is 25.0. The van der Waals surface area contributed by atoms with Crippen LogP contribution >= 0.6 is 22.6 Å². The van der Waals surface area contributed by atoms with Crippen molar-refractivity contribution in [3.63, 3.8) is 0 Å². The molecular formula is C28H39IN2O8. The van der Waals surface area contributed by atoms with Crippen LogP contribution < -0.4 is 14.8 Å². The largest absolute Gasteiger partial charge is 0.493 e. The van der Waals surface area contributed by atoms with Gasteiger partial charge in [0.05, 0.1) is 29.4 Å². The number of carbonyl (C=O) groups is 3. The molecule has 2 amide bonds. The number of carbonyl (C=O) groups excluding carboxylic acids is 3. The van der Waals surface area contributed by atoms with Crippen molar-refractivity contribution in [1.82, 2.24) is 10.2 Å². The van der Waals surface area contributed by atoms with Crippen LogP contribution in [-0.4, -0.2) is 91.0 Å². The van der Waals surface area contributed by atoms with Crippen molar-refractivity contribution in [3.8, 4) is 11.5 Å². The van der Waals surface area contributed by atoms with Crippen LogP contribution in [0.2, 0.25) is 0 Å². The molecule has 1 aliphatic carbocycles. The molecule has 1 aromatic carbocycles. The fraction of sp³-hybridized carbons (Fsp3) is 0.536. The van der Waals surface area contributed by atoms with E-state index in [-0.39, 0.29) is 31.6 Å². The van der Waals surface area contributed by atoms with E-state index in [1.54, 1.807) is 17.0 Å². The highest BCUT2D eigenvalue weighted by Gasteiger charge is 2.40. The lowest BCUT2D eigenvalue weighted by Crippen LogP contribution is -2.55. The smallest absolute Gasteiger partial charge is 0.247 e. The van der Waals surface area contributed by atoms with Gasteiger partial charge in [-0.3, -0.25) is 14.4 Å². The van der Waals surface area contributed by atoms with Gasteiger partial charge in [-0.25, -0.2) is 0 Å². The summed E-state index contributed by atoms with van der Waals surface area (Å²) in [5.41, 5.74) is 0.714. The predicted octanol–water partition coefficient (Wildman–Crippen LogP) is 2.64. The van der Waals surface area contributed by atoms with Crippen LogP contribution in [0.25, 0.3) is 0 Å². The first kappa shape index (κ1) is 32.7. The number of allylic oxidation sites excluding steroid dienone is 1. The van der Waals surface area contributed by atoms with E-state index < -0.39 is 24.2 Å². The molecule has 0 saturated heterocycles. The highest BCUT2D eigenvalue weighted by Crippen LogP contribution is 2.37. The second kappa shape index (κ2) is 16.6. The second-order valence-corrected chi connectivity index (χ2v) is 10.4. The van der Waals surface area contributed by atoms with Crippen LogP contribution in [0.3, 0.4) is 0 Å². The first-order valence-corrected chi connectivity index (χ1v) is 14.1. The summed E-state index contributed by atoms with van der Waals surface area (Å²) in [6.45, 7) is 6.33. The Morgan fingerprint density at radius 2 is 2.05 bits per heavy atom. The number of ether oxygens (including phenoxy) is 3. The van der Waals surface area contributed by atoms with Crippen LogP contribution in [0.4, 0.5) is 0 Å². The summed E-state index contributed by atoms with van der Waals surface area (Å²) in [5.74, 6) is -0.118. The Kier molecular flexibility index (Phi) is 13.9. The molecule has 0 spiro atoms. The Bertz CT molecular complexity index is 1040. The van der Waals surface area contributed by atoms with E-state index in [0.29, 0.717) is 58.5 Å². The second-order valence-electron chi connectivity index (χ2n) is 9.28. The van der Waals surface area contributed by atoms with Crippen molar-refractivity contribution in [2.45, 2.75) is 64.4 Å². The first-order valence-electron chi connectivity index (χ1n) is 13.0. The Morgan fingerprint density at radius 3 is 2.67 bits per heavy atom. The Balaban J connectivity index is 2.47. The van der Waals surface area contributed by atoms with Gasteiger partial charge in [0, 0.05) is 37.3 Å². The van der Waals surface area contributed by atoms with Crippen LogP contribution in [0.1, 0.15) is 50.4 Å². The third kappa shape index (κ3) is 9.59. The average molecular weight is 659 g/mol. The molecule has 3 atom stereocenters. The normalized spacial score (nSPS) is 19.1. The fourth-order valence-electron chi connectivity index (χ4n) is 4.15. The van der Waals surface area contributed by atoms with Gasteiger partial charge in [0.1, 0.15) is 18.5 Å². The number of nitrogens with one attached hydrogen (secondary N) is 1. The summed E-state index contributed by atoms with van der Waals surface area (Å²) in [7, 11) is 1.44. The van der Waals surface area contributed by atoms with Gasteiger partial charge in [0.2, 0.25) is 11.8 Å². The topological polar surface area (TPSA) is 135 Å². The molecule has 1 aromatic rings. The number of aliphatic hydroxyl groups is 2. The summed E-state index contributed by atoms with van der Waals surface area (Å²) >= 11 is 2.01. The molecule has 2 rings (SSSR count). The maximum absolute atomic E-state index is 13.3. The molecule has 39 heavy (non-hydrogen) atoms. The number of nitrogens with zero attached hydrogens (tertiary/aromatic N) is 1. The number of hydrogen-bond acceptors (Lipinski definition) is 8. The third-order valence-electron chi connectivity index (χ3n) is 6.03. The molecule has 0 aromatic heterocycles. The fourth-order valence-corrected chi connectivity index (χ4v) is 4.90. The van der Waals surface area contributed by atoms with Crippen molar-refractivity contribution in [3.05, 3.63) is 45.1 Å². The molecular weight excluding hydrogens is 619 g/mol. The summed E-state index contributed by atoms with van der Waals surface area (Å²) in [6.07, 6.45) is 4.58. The molecule has 216 valence electrons. The van der Waals surface area contributed by atoms with Gasteiger partial charge in [0.15, 0.2) is 11.5 Å². The van der Waals surface area contributed by atoms with Crippen LogP contribution in [0, 0.1) is 3.57 Å². The van der Waals surface area contributed by atoms with Gasteiger partial charge >= 0.3 is 0 Å². The van der Waals surface area contributed by atoms with Crippen LogP contribution in [0.5, 0.6) is 11.5 Å². The number of hydrogen-bond donors (Lipinski definition) is 3. The maximum atomic E-state index is 13.3. The average Bonchev–Trinajstić information content (AvgIpc) is 2.92. The molecule has 0 fully saturated rings. The lowest BCUT2D eigenvalue weighted by molar-refractivity contribution is -0.133. The van der Waals surface area contributed by atoms with Gasteiger partial charge in [-0.15, -0.1) is 0 Å². The van der Waals surface area contributed by atoms with E-state index in [4.69, 9.17) is 14.2 Å². The monoisotopic (exact) mass is 658 g/mol. The van der Waals surface area contributed by atoms with Gasteiger partial charge in [-0.1, -0.05) is 13.0 Å². The molecule has 0 unspecified atom stereocenters.